The van der Waals surface area contributed by atoms with E-state index in [0.29, 0.717) is 6.61 Å². The van der Waals surface area contributed by atoms with Gasteiger partial charge in [0.1, 0.15) is 5.75 Å². The number of nitrogens with zero attached hydrogens (tertiary/aromatic N) is 1. The summed E-state index contributed by atoms with van der Waals surface area (Å²) < 4.78 is 5.45. The standard InChI is InChI=1S/C12H17N3OS/c1-2-16-9-4-5-10-11(8-9)15-12(14-10)17-7-3-6-13/h4-5,8H,2-3,6-7,13H2,1H3,(H,14,15). The van der Waals surface area contributed by atoms with Crippen LogP contribution in [0.15, 0.2) is 23.4 Å². The fraction of sp³-hybridized carbons (Fsp3) is 0.417. The Kier molecular flexibility index (Phi) is 4.28. The lowest BCUT2D eigenvalue weighted by Crippen LogP contribution is -1.99. The van der Waals surface area contributed by atoms with E-state index in [4.69, 9.17) is 10.5 Å². The van der Waals surface area contributed by atoms with Gasteiger partial charge >= 0.3 is 0 Å². The van der Waals surface area contributed by atoms with Gasteiger partial charge in [-0.05, 0) is 32.0 Å². The molecule has 2 aromatic rings. The van der Waals surface area contributed by atoms with Crippen LogP contribution < -0.4 is 10.5 Å². The third-order valence-electron chi connectivity index (χ3n) is 2.33. The summed E-state index contributed by atoms with van der Waals surface area (Å²) in [5.74, 6) is 1.87. The molecular weight excluding hydrogens is 234 g/mol. The summed E-state index contributed by atoms with van der Waals surface area (Å²) in [6.45, 7) is 3.38. The number of ether oxygens (including phenoxy) is 1. The number of aromatic amines is 1. The van der Waals surface area contributed by atoms with Crippen LogP contribution >= 0.6 is 11.8 Å². The summed E-state index contributed by atoms with van der Waals surface area (Å²) in [7, 11) is 0. The Morgan fingerprint density at radius 2 is 2.35 bits per heavy atom. The van der Waals surface area contributed by atoms with Gasteiger partial charge in [0.05, 0.1) is 17.6 Å². The van der Waals surface area contributed by atoms with Crippen LogP contribution in [0.3, 0.4) is 0 Å². The van der Waals surface area contributed by atoms with Crippen molar-refractivity contribution in [2.75, 3.05) is 18.9 Å². The minimum Gasteiger partial charge on any atom is -0.494 e. The minimum atomic E-state index is 0.678. The van der Waals surface area contributed by atoms with Gasteiger partial charge in [-0.1, -0.05) is 11.8 Å². The van der Waals surface area contributed by atoms with E-state index < -0.39 is 0 Å². The van der Waals surface area contributed by atoms with Gasteiger partial charge in [-0.15, -0.1) is 0 Å². The third-order valence-corrected chi connectivity index (χ3v) is 3.29. The molecule has 0 radical (unpaired) electrons. The Morgan fingerprint density at radius 3 is 3.12 bits per heavy atom. The van der Waals surface area contributed by atoms with Gasteiger partial charge in [0.25, 0.3) is 0 Å². The molecule has 0 bridgehead atoms. The molecule has 0 amide bonds. The summed E-state index contributed by atoms with van der Waals surface area (Å²) in [6.07, 6.45) is 1.01. The highest BCUT2D eigenvalue weighted by Crippen LogP contribution is 2.23. The van der Waals surface area contributed by atoms with Gasteiger partial charge in [-0.2, -0.15) is 0 Å². The molecule has 4 nitrogen and oxygen atoms in total. The third kappa shape index (κ3) is 3.14. The van der Waals surface area contributed by atoms with Crippen molar-refractivity contribution in [2.45, 2.75) is 18.5 Å². The SMILES string of the molecule is CCOc1ccc2nc(SCCCN)[nH]c2c1. The smallest absolute Gasteiger partial charge is 0.166 e. The fourth-order valence-electron chi connectivity index (χ4n) is 1.54. The quantitative estimate of drug-likeness (QED) is 0.611. The molecule has 1 aromatic heterocycles. The van der Waals surface area contributed by atoms with Crippen LogP contribution in [0.5, 0.6) is 5.75 Å². The number of thioether (sulfide) groups is 1. The van der Waals surface area contributed by atoms with Crippen LogP contribution in [0.4, 0.5) is 0 Å². The number of aromatic nitrogens is 2. The molecule has 2 rings (SSSR count). The van der Waals surface area contributed by atoms with E-state index in [2.05, 4.69) is 9.97 Å². The normalized spacial score (nSPS) is 10.9. The number of rotatable bonds is 6. The van der Waals surface area contributed by atoms with Crippen LogP contribution in [-0.2, 0) is 0 Å². The average Bonchev–Trinajstić information content (AvgIpc) is 2.72. The highest BCUT2D eigenvalue weighted by molar-refractivity contribution is 7.99. The first-order valence-electron chi connectivity index (χ1n) is 5.79. The van der Waals surface area contributed by atoms with Gasteiger partial charge in [0.15, 0.2) is 5.16 Å². The number of nitrogens with two attached hydrogens (primary N) is 1. The minimum absolute atomic E-state index is 0.678. The molecule has 5 heteroatoms. The average molecular weight is 251 g/mol. The Morgan fingerprint density at radius 1 is 1.47 bits per heavy atom. The summed E-state index contributed by atoms with van der Waals surface area (Å²) in [4.78, 5) is 7.78. The monoisotopic (exact) mass is 251 g/mol. The second-order valence-corrected chi connectivity index (χ2v) is 4.73. The Balaban J connectivity index is 2.12. The second kappa shape index (κ2) is 5.93. The predicted molar refractivity (Wildman–Crippen MR) is 71.7 cm³/mol. The zero-order chi connectivity index (χ0) is 12.1. The van der Waals surface area contributed by atoms with E-state index >= 15 is 0 Å². The molecule has 0 saturated heterocycles. The first kappa shape index (κ1) is 12.3. The Labute approximate surface area is 105 Å². The van der Waals surface area contributed by atoms with E-state index in [1.807, 2.05) is 25.1 Å². The molecule has 0 fully saturated rings. The number of hydrogen-bond acceptors (Lipinski definition) is 4. The van der Waals surface area contributed by atoms with Crippen molar-refractivity contribution >= 4 is 22.8 Å². The van der Waals surface area contributed by atoms with Crippen LogP contribution in [0, 0.1) is 0 Å². The second-order valence-electron chi connectivity index (χ2n) is 3.64. The van der Waals surface area contributed by atoms with Crippen molar-refractivity contribution in [3.05, 3.63) is 18.2 Å². The molecule has 3 N–H and O–H groups in total. The number of hydrogen-bond donors (Lipinski definition) is 2. The lowest BCUT2D eigenvalue weighted by Gasteiger charge is -2.00. The maximum absolute atomic E-state index is 5.46. The number of nitrogens with one attached hydrogen (secondary N) is 1. The Hall–Kier alpha value is -1.20. The van der Waals surface area contributed by atoms with Crippen molar-refractivity contribution in [3.63, 3.8) is 0 Å². The van der Waals surface area contributed by atoms with E-state index in [1.165, 1.54) is 0 Å². The number of H-pyrrole nitrogens is 1. The lowest BCUT2D eigenvalue weighted by molar-refractivity contribution is 0.340. The van der Waals surface area contributed by atoms with Crippen molar-refractivity contribution in [1.82, 2.24) is 9.97 Å². The zero-order valence-electron chi connectivity index (χ0n) is 9.90. The fourth-order valence-corrected chi connectivity index (χ4v) is 2.39. The molecule has 0 unspecified atom stereocenters. The summed E-state index contributed by atoms with van der Waals surface area (Å²) in [6, 6.07) is 5.91. The van der Waals surface area contributed by atoms with E-state index in [0.717, 1.165) is 40.7 Å². The number of benzene rings is 1. The molecule has 1 heterocycles. The van der Waals surface area contributed by atoms with Crippen molar-refractivity contribution in [1.29, 1.82) is 0 Å². The molecule has 1 aromatic carbocycles. The highest BCUT2D eigenvalue weighted by atomic mass is 32.2. The molecule has 0 aliphatic heterocycles. The maximum Gasteiger partial charge on any atom is 0.166 e. The van der Waals surface area contributed by atoms with Gasteiger partial charge in [-0.3, -0.25) is 0 Å². The van der Waals surface area contributed by atoms with Crippen molar-refractivity contribution in [3.8, 4) is 5.75 Å². The number of imidazole rings is 1. The topological polar surface area (TPSA) is 63.9 Å². The van der Waals surface area contributed by atoms with Gasteiger partial charge < -0.3 is 15.5 Å². The maximum atomic E-state index is 5.46. The van der Waals surface area contributed by atoms with Gasteiger partial charge in [0.2, 0.25) is 0 Å². The highest BCUT2D eigenvalue weighted by Gasteiger charge is 2.04. The molecule has 0 aliphatic rings. The number of fused-ring (bicyclic) bond motifs is 1. The molecule has 0 atom stereocenters. The first-order valence-corrected chi connectivity index (χ1v) is 6.77. The van der Waals surface area contributed by atoms with Crippen molar-refractivity contribution in [2.24, 2.45) is 5.73 Å². The molecule has 0 spiro atoms. The largest absolute Gasteiger partial charge is 0.494 e. The van der Waals surface area contributed by atoms with E-state index in [-0.39, 0.29) is 0 Å². The first-order chi connectivity index (χ1) is 8.33. The molecular formula is C12H17N3OS. The Bertz CT molecular complexity index is 484. The molecule has 17 heavy (non-hydrogen) atoms. The van der Waals surface area contributed by atoms with E-state index in [1.54, 1.807) is 11.8 Å². The van der Waals surface area contributed by atoms with Crippen molar-refractivity contribution < 1.29 is 4.74 Å². The van der Waals surface area contributed by atoms with E-state index in [9.17, 15) is 0 Å². The molecule has 92 valence electrons. The van der Waals surface area contributed by atoms with Gasteiger partial charge in [-0.25, -0.2) is 4.98 Å². The lowest BCUT2D eigenvalue weighted by atomic mass is 10.3. The van der Waals surface area contributed by atoms with Crippen LogP contribution in [-0.4, -0.2) is 28.9 Å². The van der Waals surface area contributed by atoms with Gasteiger partial charge in [0, 0.05) is 11.8 Å². The molecule has 0 saturated carbocycles. The summed E-state index contributed by atoms with van der Waals surface area (Å²) >= 11 is 1.70. The van der Waals surface area contributed by atoms with Crippen LogP contribution in [0.2, 0.25) is 0 Å². The van der Waals surface area contributed by atoms with Crippen LogP contribution in [0.1, 0.15) is 13.3 Å². The zero-order valence-corrected chi connectivity index (χ0v) is 10.7. The van der Waals surface area contributed by atoms with Crippen LogP contribution in [0.25, 0.3) is 11.0 Å². The molecule has 0 aliphatic carbocycles. The predicted octanol–water partition coefficient (Wildman–Crippen LogP) is 2.40. The summed E-state index contributed by atoms with van der Waals surface area (Å²) in [5, 5.41) is 0.946. The summed E-state index contributed by atoms with van der Waals surface area (Å²) in [5.41, 5.74) is 7.46.